The van der Waals surface area contributed by atoms with Crippen molar-refractivity contribution in [2.75, 3.05) is 7.11 Å². The topological polar surface area (TPSA) is 43.4 Å². The van der Waals surface area contributed by atoms with Gasteiger partial charge in [0.05, 0.1) is 12.7 Å². The summed E-state index contributed by atoms with van der Waals surface area (Å²) in [5.74, 6) is -0.216. The van der Waals surface area contributed by atoms with Gasteiger partial charge in [0.2, 0.25) is 0 Å². The molecule has 0 radical (unpaired) electrons. The Morgan fingerprint density at radius 1 is 1.50 bits per heavy atom. The molecule has 3 nitrogen and oxygen atoms in total. The molecule has 0 N–H and O–H groups in total. The van der Waals surface area contributed by atoms with Crippen LogP contribution in [-0.2, 0) is 4.74 Å². The summed E-state index contributed by atoms with van der Waals surface area (Å²) >= 11 is 1.63. The zero-order valence-corrected chi connectivity index (χ0v) is 9.97. The van der Waals surface area contributed by atoms with Gasteiger partial charge in [-0.05, 0) is 18.2 Å². The second-order valence-electron chi connectivity index (χ2n) is 3.76. The van der Waals surface area contributed by atoms with Gasteiger partial charge in [0.1, 0.15) is 0 Å². The number of benzene rings is 1. The van der Waals surface area contributed by atoms with Crippen LogP contribution < -0.4 is 0 Å². The number of Topliss-reactive ketones (excluding diaryl/α,β-unsaturated/α-hetero) is 1. The number of carbonyl (C=O) groups is 2. The lowest BCUT2D eigenvalue weighted by Gasteiger charge is -2.20. The first-order valence-corrected chi connectivity index (χ1v) is 5.92. The van der Waals surface area contributed by atoms with Gasteiger partial charge < -0.3 is 4.74 Å². The first-order valence-electron chi connectivity index (χ1n) is 5.04. The van der Waals surface area contributed by atoms with Crippen molar-refractivity contribution in [2.45, 2.75) is 23.5 Å². The van der Waals surface area contributed by atoms with E-state index in [1.54, 1.807) is 30.0 Å². The molecule has 0 saturated carbocycles. The minimum Gasteiger partial charge on any atom is -0.465 e. The number of hydrogen-bond acceptors (Lipinski definition) is 4. The lowest BCUT2D eigenvalue weighted by Crippen LogP contribution is -2.15. The van der Waals surface area contributed by atoms with E-state index in [9.17, 15) is 9.59 Å². The van der Waals surface area contributed by atoms with Gasteiger partial charge in [-0.15, -0.1) is 11.8 Å². The molecule has 16 heavy (non-hydrogen) atoms. The zero-order chi connectivity index (χ0) is 11.7. The first-order chi connectivity index (χ1) is 7.61. The molecule has 4 heteroatoms. The fourth-order valence-electron chi connectivity index (χ4n) is 1.72. The molecule has 1 unspecified atom stereocenters. The molecule has 1 heterocycles. The SMILES string of the molecule is COC(=O)c1ccc2c(c1)SC(C)CC2=O. The molecule has 0 fully saturated rings. The molecule has 1 aromatic rings. The molecule has 1 aromatic carbocycles. The fraction of sp³-hybridized carbons (Fsp3) is 0.333. The van der Waals surface area contributed by atoms with Crippen LogP contribution in [0.2, 0.25) is 0 Å². The minimum atomic E-state index is -0.367. The predicted molar refractivity (Wildman–Crippen MR) is 62.0 cm³/mol. The maximum Gasteiger partial charge on any atom is 0.337 e. The molecule has 2 rings (SSSR count). The smallest absolute Gasteiger partial charge is 0.337 e. The van der Waals surface area contributed by atoms with E-state index in [0.717, 1.165) is 10.5 Å². The second-order valence-corrected chi connectivity index (χ2v) is 5.24. The molecule has 1 aliphatic heterocycles. The van der Waals surface area contributed by atoms with Crippen molar-refractivity contribution in [2.24, 2.45) is 0 Å². The van der Waals surface area contributed by atoms with Crippen molar-refractivity contribution >= 4 is 23.5 Å². The summed E-state index contributed by atoms with van der Waals surface area (Å²) in [5.41, 5.74) is 1.21. The molecule has 1 aliphatic rings. The van der Waals surface area contributed by atoms with Gasteiger partial charge in [-0.3, -0.25) is 4.79 Å². The lowest BCUT2D eigenvalue weighted by atomic mass is 10.0. The van der Waals surface area contributed by atoms with Crippen molar-refractivity contribution in [3.8, 4) is 0 Å². The van der Waals surface area contributed by atoms with E-state index < -0.39 is 0 Å². The summed E-state index contributed by atoms with van der Waals surface area (Å²) < 4.78 is 4.65. The van der Waals surface area contributed by atoms with E-state index >= 15 is 0 Å². The lowest BCUT2D eigenvalue weighted by molar-refractivity contribution is 0.0600. The van der Waals surface area contributed by atoms with Gasteiger partial charge >= 0.3 is 5.97 Å². The number of methoxy groups -OCH3 is 1. The van der Waals surface area contributed by atoms with Gasteiger partial charge in [-0.1, -0.05) is 6.92 Å². The van der Waals surface area contributed by atoms with Crippen LogP contribution in [0.5, 0.6) is 0 Å². The number of thioether (sulfide) groups is 1. The van der Waals surface area contributed by atoms with Gasteiger partial charge in [0.25, 0.3) is 0 Å². The Hall–Kier alpha value is -1.29. The van der Waals surface area contributed by atoms with Crippen LogP contribution in [0.4, 0.5) is 0 Å². The number of fused-ring (bicyclic) bond motifs is 1. The minimum absolute atomic E-state index is 0.151. The van der Waals surface area contributed by atoms with Gasteiger partial charge in [0.15, 0.2) is 5.78 Å². The Kier molecular flexibility index (Phi) is 3.01. The predicted octanol–water partition coefficient (Wildman–Crippen LogP) is 2.54. The largest absolute Gasteiger partial charge is 0.465 e. The molecule has 84 valence electrons. The van der Waals surface area contributed by atoms with Crippen LogP contribution in [0.25, 0.3) is 0 Å². The number of ketones is 1. The van der Waals surface area contributed by atoms with Crippen LogP contribution in [-0.4, -0.2) is 24.1 Å². The van der Waals surface area contributed by atoms with Gasteiger partial charge in [0, 0.05) is 22.1 Å². The maximum absolute atomic E-state index is 11.7. The first kappa shape index (κ1) is 11.2. The average Bonchev–Trinajstić information content (AvgIpc) is 2.27. The number of carbonyl (C=O) groups excluding carboxylic acids is 2. The third-order valence-electron chi connectivity index (χ3n) is 2.50. The van der Waals surface area contributed by atoms with Crippen molar-refractivity contribution < 1.29 is 14.3 Å². The number of esters is 1. The summed E-state index contributed by atoms with van der Waals surface area (Å²) in [4.78, 5) is 23.9. The fourth-order valence-corrected chi connectivity index (χ4v) is 2.90. The molecule has 0 saturated heterocycles. The van der Waals surface area contributed by atoms with Crippen LogP contribution in [0, 0.1) is 0 Å². The summed E-state index contributed by atoms with van der Waals surface area (Å²) in [6.45, 7) is 2.01. The Morgan fingerprint density at radius 2 is 2.25 bits per heavy atom. The third kappa shape index (κ3) is 1.97. The number of ether oxygens (including phenoxy) is 1. The highest BCUT2D eigenvalue weighted by Crippen LogP contribution is 2.35. The summed E-state index contributed by atoms with van der Waals surface area (Å²) in [6, 6.07) is 5.08. The van der Waals surface area contributed by atoms with Crippen molar-refractivity contribution in [1.82, 2.24) is 0 Å². The summed E-state index contributed by atoms with van der Waals surface area (Å²) in [7, 11) is 1.35. The molecule has 0 aliphatic carbocycles. The molecular weight excluding hydrogens is 224 g/mol. The quantitative estimate of drug-likeness (QED) is 0.703. The molecule has 0 bridgehead atoms. The third-order valence-corrected chi connectivity index (χ3v) is 3.66. The van der Waals surface area contributed by atoms with E-state index in [1.165, 1.54) is 7.11 Å². The monoisotopic (exact) mass is 236 g/mol. The maximum atomic E-state index is 11.7. The molecule has 0 spiro atoms. The van der Waals surface area contributed by atoms with Crippen LogP contribution >= 0.6 is 11.8 Å². The van der Waals surface area contributed by atoms with E-state index in [4.69, 9.17) is 0 Å². The van der Waals surface area contributed by atoms with E-state index in [1.807, 2.05) is 6.92 Å². The van der Waals surface area contributed by atoms with E-state index in [0.29, 0.717) is 12.0 Å². The Labute approximate surface area is 98.2 Å². The second kappa shape index (κ2) is 4.29. The summed E-state index contributed by atoms with van der Waals surface area (Å²) in [5, 5.41) is 0.271. The average molecular weight is 236 g/mol. The summed E-state index contributed by atoms with van der Waals surface area (Å²) in [6.07, 6.45) is 0.565. The highest BCUT2D eigenvalue weighted by molar-refractivity contribution is 8.00. The zero-order valence-electron chi connectivity index (χ0n) is 9.15. The molecular formula is C12H12O3S. The van der Waals surface area contributed by atoms with Crippen LogP contribution in [0.1, 0.15) is 34.1 Å². The Bertz CT molecular complexity index is 454. The normalized spacial score (nSPS) is 19.1. The number of hydrogen-bond donors (Lipinski definition) is 0. The van der Waals surface area contributed by atoms with Crippen LogP contribution in [0.3, 0.4) is 0 Å². The van der Waals surface area contributed by atoms with Gasteiger partial charge in [-0.2, -0.15) is 0 Å². The van der Waals surface area contributed by atoms with E-state index in [2.05, 4.69) is 4.74 Å². The standard InChI is InChI=1S/C12H12O3S/c1-7-5-10(13)9-4-3-8(12(14)15-2)6-11(9)16-7/h3-4,6-7H,5H2,1-2H3. The highest BCUT2D eigenvalue weighted by Gasteiger charge is 2.23. The Morgan fingerprint density at radius 3 is 2.94 bits per heavy atom. The highest BCUT2D eigenvalue weighted by atomic mass is 32.2. The van der Waals surface area contributed by atoms with E-state index in [-0.39, 0.29) is 17.0 Å². The van der Waals surface area contributed by atoms with Crippen molar-refractivity contribution in [3.05, 3.63) is 29.3 Å². The molecule has 1 atom stereocenters. The molecule has 0 aromatic heterocycles. The Balaban J connectivity index is 2.42. The van der Waals surface area contributed by atoms with Crippen molar-refractivity contribution in [3.63, 3.8) is 0 Å². The van der Waals surface area contributed by atoms with Crippen LogP contribution in [0.15, 0.2) is 23.1 Å². The van der Waals surface area contributed by atoms with Gasteiger partial charge in [-0.25, -0.2) is 4.79 Å². The molecule has 0 amide bonds. The van der Waals surface area contributed by atoms with Crippen molar-refractivity contribution in [1.29, 1.82) is 0 Å². The number of rotatable bonds is 1.